The number of halogens is 2. The third-order valence-electron chi connectivity index (χ3n) is 5.84. The molecule has 0 aliphatic carbocycles. The first-order valence-corrected chi connectivity index (χ1v) is 12.4. The number of hydrogen-bond acceptors (Lipinski definition) is 4. The quantitative estimate of drug-likeness (QED) is 0.202. The van der Waals surface area contributed by atoms with Gasteiger partial charge in [-0.05, 0) is 77.6 Å². The van der Waals surface area contributed by atoms with Crippen LogP contribution in [-0.4, -0.2) is 17.8 Å². The summed E-state index contributed by atoms with van der Waals surface area (Å²) in [6.07, 6.45) is 4.52. The van der Waals surface area contributed by atoms with E-state index in [0.29, 0.717) is 33.5 Å². The number of ether oxygens (including phenoxy) is 1. The highest BCUT2D eigenvalue weighted by Crippen LogP contribution is 2.27. The number of carbonyl (C=O) groups is 3. The predicted octanol–water partition coefficient (Wildman–Crippen LogP) is 6.53. The van der Waals surface area contributed by atoms with E-state index in [-0.39, 0.29) is 12.2 Å². The average molecular weight is 535 g/mol. The van der Waals surface area contributed by atoms with Crippen molar-refractivity contribution in [2.24, 2.45) is 0 Å². The number of anilines is 1. The normalized spacial score (nSPS) is 14.6. The van der Waals surface area contributed by atoms with Gasteiger partial charge in [0.25, 0.3) is 11.8 Å². The zero-order valence-electron chi connectivity index (χ0n) is 20.1. The van der Waals surface area contributed by atoms with Crippen molar-refractivity contribution in [1.82, 2.24) is 5.32 Å². The van der Waals surface area contributed by atoms with Crippen molar-refractivity contribution >= 4 is 52.8 Å². The molecule has 37 heavy (non-hydrogen) atoms. The molecule has 188 valence electrons. The van der Waals surface area contributed by atoms with Crippen LogP contribution in [0.15, 0.2) is 78.9 Å². The monoisotopic (exact) mass is 534 g/mol. The maximum atomic E-state index is 13.2. The second-order valence-corrected chi connectivity index (χ2v) is 9.19. The number of urea groups is 1. The number of benzene rings is 3. The highest BCUT2D eigenvalue weighted by atomic mass is 35.5. The molecule has 0 spiro atoms. The van der Waals surface area contributed by atoms with E-state index in [1.807, 2.05) is 31.2 Å². The smallest absolute Gasteiger partial charge is 0.335 e. The minimum atomic E-state index is -0.783. The predicted molar refractivity (Wildman–Crippen MR) is 146 cm³/mol. The second kappa shape index (κ2) is 11.5. The molecule has 0 saturated carbocycles. The molecular formula is C29H24Cl2N2O4. The van der Waals surface area contributed by atoms with Gasteiger partial charge in [0.05, 0.1) is 15.7 Å². The summed E-state index contributed by atoms with van der Waals surface area (Å²) in [4.78, 5) is 39.2. The molecule has 1 N–H and O–H groups in total. The van der Waals surface area contributed by atoms with E-state index in [1.165, 1.54) is 6.08 Å². The van der Waals surface area contributed by atoms with Gasteiger partial charge in [0, 0.05) is 0 Å². The van der Waals surface area contributed by atoms with Gasteiger partial charge in [-0.25, -0.2) is 9.69 Å². The number of carbonyl (C=O) groups excluding carboxylic acids is 3. The number of aryl methyl sites for hydroxylation is 1. The van der Waals surface area contributed by atoms with Gasteiger partial charge in [-0.1, -0.05) is 60.5 Å². The molecule has 3 aromatic rings. The molecule has 1 heterocycles. The minimum absolute atomic E-state index is 0.145. The Kier molecular flexibility index (Phi) is 8.11. The number of rotatable bonds is 8. The zero-order valence-corrected chi connectivity index (χ0v) is 21.6. The lowest BCUT2D eigenvalue weighted by Gasteiger charge is -2.26. The maximum Gasteiger partial charge on any atom is 0.335 e. The van der Waals surface area contributed by atoms with Crippen molar-refractivity contribution in [1.29, 1.82) is 0 Å². The van der Waals surface area contributed by atoms with Crippen LogP contribution in [0.4, 0.5) is 10.5 Å². The number of hydrogen-bond donors (Lipinski definition) is 1. The molecule has 4 amide bonds. The molecule has 1 aliphatic heterocycles. The van der Waals surface area contributed by atoms with Gasteiger partial charge >= 0.3 is 6.03 Å². The van der Waals surface area contributed by atoms with Crippen LogP contribution in [0.25, 0.3) is 6.08 Å². The molecule has 0 bridgehead atoms. The molecule has 3 aromatic carbocycles. The molecule has 0 unspecified atom stereocenters. The molecule has 1 fully saturated rings. The van der Waals surface area contributed by atoms with Crippen molar-refractivity contribution in [3.05, 3.63) is 111 Å². The summed E-state index contributed by atoms with van der Waals surface area (Å²) in [7, 11) is 0. The standard InChI is InChI=1S/C29H24Cl2N2O4/c1-3-5-21-14-19(9-13-26(21)37-17-20-8-12-24(30)25(31)16-20)15-23-27(34)32-29(36)33(28(23)35)22-10-6-18(4-2)7-11-22/h3,6-16H,1,4-5,17H2,2H3,(H,32,34,36)/b23-15-. The van der Waals surface area contributed by atoms with Gasteiger partial charge < -0.3 is 4.74 Å². The van der Waals surface area contributed by atoms with E-state index in [4.69, 9.17) is 27.9 Å². The molecular weight excluding hydrogens is 511 g/mol. The van der Waals surface area contributed by atoms with Crippen LogP contribution in [-0.2, 0) is 29.0 Å². The maximum absolute atomic E-state index is 13.2. The van der Waals surface area contributed by atoms with Crippen LogP contribution in [0.5, 0.6) is 5.75 Å². The minimum Gasteiger partial charge on any atom is -0.489 e. The SMILES string of the molecule is C=CCc1cc(/C=C2/C(=O)NC(=O)N(c3ccc(CC)cc3)C2=O)ccc1OCc1ccc(Cl)c(Cl)c1. The van der Waals surface area contributed by atoms with Gasteiger partial charge in [0.1, 0.15) is 17.9 Å². The molecule has 4 rings (SSSR count). The Morgan fingerprint density at radius 3 is 2.35 bits per heavy atom. The molecule has 1 aliphatic rings. The highest BCUT2D eigenvalue weighted by molar-refractivity contribution is 6.42. The number of amides is 4. The van der Waals surface area contributed by atoms with E-state index in [2.05, 4.69) is 11.9 Å². The Labute approximate surface area is 225 Å². The van der Waals surface area contributed by atoms with E-state index in [0.717, 1.165) is 28.0 Å². The second-order valence-electron chi connectivity index (χ2n) is 8.37. The lowest BCUT2D eigenvalue weighted by Crippen LogP contribution is -2.54. The van der Waals surface area contributed by atoms with Crippen LogP contribution < -0.4 is 15.0 Å². The van der Waals surface area contributed by atoms with Crippen molar-refractivity contribution in [2.75, 3.05) is 4.90 Å². The third-order valence-corrected chi connectivity index (χ3v) is 6.58. The average Bonchev–Trinajstić information content (AvgIpc) is 2.88. The van der Waals surface area contributed by atoms with Gasteiger partial charge in [-0.2, -0.15) is 0 Å². The van der Waals surface area contributed by atoms with Crippen molar-refractivity contribution in [3.8, 4) is 5.75 Å². The molecule has 0 aromatic heterocycles. The number of nitrogens with zero attached hydrogens (tertiary/aromatic N) is 1. The fourth-order valence-corrected chi connectivity index (χ4v) is 4.20. The molecule has 8 heteroatoms. The van der Waals surface area contributed by atoms with Gasteiger partial charge in [0.15, 0.2) is 0 Å². The number of nitrogens with one attached hydrogen (secondary N) is 1. The van der Waals surface area contributed by atoms with Gasteiger partial charge in [-0.3, -0.25) is 14.9 Å². The summed E-state index contributed by atoms with van der Waals surface area (Å²) in [6.45, 7) is 6.09. The first-order chi connectivity index (χ1) is 17.8. The van der Waals surface area contributed by atoms with Crippen molar-refractivity contribution in [3.63, 3.8) is 0 Å². The Bertz CT molecular complexity index is 1410. The number of barbiturate groups is 1. The Hall–Kier alpha value is -3.87. The molecule has 6 nitrogen and oxygen atoms in total. The number of imide groups is 2. The van der Waals surface area contributed by atoms with Crippen LogP contribution >= 0.6 is 23.2 Å². The lowest BCUT2D eigenvalue weighted by atomic mass is 10.0. The fraction of sp³-hybridized carbons (Fsp3) is 0.138. The Morgan fingerprint density at radius 2 is 1.68 bits per heavy atom. The number of allylic oxidation sites excluding steroid dienone is 1. The third kappa shape index (κ3) is 5.93. The topological polar surface area (TPSA) is 75.7 Å². The largest absolute Gasteiger partial charge is 0.489 e. The fourth-order valence-electron chi connectivity index (χ4n) is 3.87. The summed E-state index contributed by atoms with van der Waals surface area (Å²) in [5.41, 5.74) is 3.58. The Balaban J connectivity index is 1.60. The van der Waals surface area contributed by atoms with E-state index >= 15 is 0 Å². The molecule has 0 atom stereocenters. The summed E-state index contributed by atoms with van der Waals surface area (Å²) in [5.74, 6) is -0.815. The summed E-state index contributed by atoms with van der Waals surface area (Å²) >= 11 is 12.1. The van der Waals surface area contributed by atoms with E-state index < -0.39 is 17.8 Å². The van der Waals surface area contributed by atoms with Gasteiger partial charge in [-0.15, -0.1) is 6.58 Å². The summed E-state index contributed by atoms with van der Waals surface area (Å²) in [6, 6.07) is 16.9. The van der Waals surface area contributed by atoms with Gasteiger partial charge in [0.2, 0.25) is 0 Å². The lowest BCUT2D eigenvalue weighted by molar-refractivity contribution is -0.122. The van der Waals surface area contributed by atoms with Crippen LogP contribution in [0.1, 0.15) is 29.2 Å². The van der Waals surface area contributed by atoms with Crippen LogP contribution in [0, 0.1) is 0 Å². The van der Waals surface area contributed by atoms with Crippen molar-refractivity contribution < 1.29 is 19.1 Å². The molecule has 0 radical (unpaired) electrons. The first-order valence-electron chi connectivity index (χ1n) is 11.6. The molecule has 1 saturated heterocycles. The highest BCUT2D eigenvalue weighted by Gasteiger charge is 2.36. The zero-order chi connectivity index (χ0) is 26.5. The van der Waals surface area contributed by atoms with Crippen LogP contribution in [0.3, 0.4) is 0 Å². The van der Waals surface area contributed by atoms with Crippen LogP contribution in [0.2, 0.25) is 10.0 Å². The summed E-state index contributed by atoms with van der Waals surface area (Å²) < 4.78 is 6.00. The van der Waals surface area contributed by atoms with Crippen molar-refractivity contribution in [2.45, 2.75) is 26.4 Å². The summed E-state index contributed by atoms with van der Waals surface area (Å²) in [5, 5.41) is 3.17. The Morgan fingerprint density at radius 1 is 0.946 bits per heavy atom. The van der Waals surface area contributed by atoms with E-state index in [1.54, 1.807) is 42.5 Å². The first kappa shape index (κ1) is 26.2. The van der Waals surface area contributed by atoms with E-state index in [9.17, 15) is 14.4 Å².